The van der Waals surface area contributed by atoms with Crippen molar-refractivity contribution in [3.8, 4) is 5.75 Å². The van der Waals surface area contributed by atoms with Crippen molar-refractivity contribution in [3.63, 3.8) is 0 Å². The van der Waals surface area contributed by atoms with Gasteiger partial charge in [0.2, 0.25) is 0 Å². The topological polar surface area (TPSA) is 48.5 Å². The van der Waals surface area contributed by atoms with E-state index in [-0.39, 0.29) is 11.6 Å². The number of thiazole rings is 1. The molecule has 5 nitrogen and oxygen atoms in total. The molecule has 2 aromatic heterocycles. The second-order valence-electron chi connectivity index (χ2n) is 10.8. The van der Waals surface area contributed by atoms with Crippen LogP contribution in [0.1, 0.15) is 61.4 Å². The van der Waals surface area contributed by atoms with Crippen LogP contribution in [0, 0.1) is 0 Å². The molecule has 3 aromatic carbocycles. The summed E-state index contributed by atoms with van der Waals surface area (Å²) in [6.45, 7) is 5.79. The monoisotopic (exact) mass is 559 g/mol. The molecule has 0 fully saturated rings. The number of allylic oxidation sites excluding steroid dienone is 1. The number of hydrogen-bond acceptors (Lipinski definition) is 4. The number of rotatable bonds is 7. The average molecular weight is 560 g/mol. The maximum absolute atomic E-state index is 14.2. The SMILES string of the molecule is CCCCn1cc(/C=c2\sc3n(c2=O)[C@@H](c2ccc(OCC)cc2)C2=C(N=3)c3ccccc3CC2)c2ccccc21. The van der Waals surface area contributed by atoms with Gasteiger partial charge in [-0.2, -0.15) is 0 Å². The molecule has 206 valence electrons. The number of aryl methyl sites for hydroxylation is 2. The van der Waals surface area contributed by atoms with Gasteiger partial charge in [0.1, 0.15) is 5.75 Å². The maximum atomic E-state index is 14.2. The summed E-state index contributed by atoms with van der Waals surface area (Å²) in [6, 6.07) is 25.1. The summed E-state index contributed by atoms with van der Waals surface area (Å²) in [7, 11) is 0. The third kappa shape index (κ3) is 4.47. The average Bonchev–Trinajstić information content (AvgIpc) is 3.52. The van der Waals surface area contributed by atoms with Crippen molar-refractivity contribution in [3.05, 3.63) is 127 Å². The van der Waals surface area contributed by atoms with Crippen LogP contribution >= 0.6 is 11.3 Å². The number of para-hydroxylation sites is 1. The Morgan fingerprint density at radius 3 is 2.63 bits per heavy atom. The molecule has 5 aromatic rings. The molecule has 1 aliphatic heterocycles. The van der Waals surface area contributed by atoms with Gasteiger partial charge in [0.15, 0.2) is 4.80 Å². The molecule has 0 spiro atoms. The van der Waals surface area contributed by atoms with E-state index in [1.165, 1.54) is 38.9 Å². The van der Waals surface area contributed by atoms with Crippen molar-refractivity contribution < 1.29 is 4.74 Å². The van der Waals surface area contributed by atoms with Crippen LogP contribution in [0.4, 0.5) is 0 Å². The van der Waals surface area contributed by atoms with Gasteiger partial charge in [-0.15, -0.1) is 0 Å². The first-order valence-corrected chi connectivity index (χ1v) is 15.4. The molecular formula is C35H33N3O2S. The first kappa shape index (κ1) is 25.8. The zero-order valence-electron chi connectivity index (χ0n) is 23.5. The van der Waals surface area contributed by atoms with Crippen LogP contribution in [0.3, 0.4) is 0 Å². The molecule has 6 heteroatoms. The van der Waals surface area contributed by atoms with E-state index in [9.17, 15) is 4.79 Å². The summed E-state index contributed by atoms with van der Waals surface area (Å²) in [4.78, 5) is 20.2. The number of ether oxygens (including phenoxy) is 1. The fourth-order valence-electron chi connectivity index (χ4n) is 6.28. The van der Waals surface area contributed by atoms with Gasteiger partial charge in [-0.3, -0.25) is 9.36 Å². The maximum Gasteiger partial charge on any atom is 0.271 e. The zero-order chi connectivity index (χ0) is 27.9. The number of nitrogens with zero attached hydrogens (tertiary/aromatic N) is 3. The Balaban J connectivity index is 1.43. The van der Waals surface area contributed by atoms with E-state index in [2.05, 4.69) is 84.4 Å². The molecule has 0 radical (unpaired) electrons. The van der Waals surface area contributed by atoms with Crippen LogP contribution in [-0.4, -0.2) is 15.7 Å². The summed E-state index contributed by atoms with van der Waals surface area (Å²) in [5.41, 5.74) is 8.12. The number of fused-ring (bicyclic) bond motifs is 4. The molecule has 41 heavy (non-hydrogen) atoms. The van der Waals surface area contributed by atoms with Gasteiger partial charge < -0.3 is 9.30 Å². The van der Waals surface area contributed by atoms with Crippen molar-refractivity contribution in [2.75, 3.05) is 6.61 Å². The second kappa shape index (κ2) is 10.7. The first-order chi connectivity index (χ1) is 20.2. The van der Waals surface area contributed by atoms with E-state index in [0.717, 1.165) is 59.6 Å². The molecule has 3 heterocycles. The van der Waals surface area contributed by atoms with Gasteiger partial charge >= 0.3 is 0 Å². The fraction of sp³-hybridized carbons (Fsp3) is 0.257. The van der Waals surface area contributed by atoms with Crippen LogP contribution in [0.2, 0.25) is 0 Å². The lowest BCUT2D eigenvalue weighted by molar-refractivity contribution is 0.340. The minimum atomic E-state index is -0.196. The lowest BCUT2D eigenvalue weighted by Crippen LogP contribution is -2.38. The van der Waals surface area contributed by atoms with Gasteiger partial charge in [0.05, 0.1) is 22.9 Å². The Morgan fingerprint density at radius 1 is 1.00 bits per heavy atom. The smallest absolute Gasteiger partial charge is 0.271 e. The zero-order valence-corrected chi connectivity index (χ0v) is 24.3. The number of hydrogen-bond donors (Lipinski definition) is 0. The predicted octanol–water partition coefficient (Wildman–Crippen LogP) is 6.47. The number of unbranched alkanes of at least 4 members (excludes halogenated alkanes) is 1. The number of benzene rings is 3. The summed E-state index contributed by atoms with van der Waals surface area (Å²) >= 11 is 1.49. The molecule has 0 N–H and O–H groups in total. The van der Waals surface area contributed by atoms with Gasteiger partial charge in [-0.25, -0.2) is 4.99 Å². The molecular weight excluding hydrogens is 526 g/mol. The molecule has 1 aliphatic carbocycles. The highest BCUT2D eigenvalue weighted by atomic mass is 32.1. The fourth-order valence-corrected chi connectivity index (χ4v) is 7.27. The minimum absolute atomic E-state index is 0.0171. The summed E-state index contributed by atoms with van der Waals surface area (Å²) in [5, 5.41) is 1.17. The van der Waals surface area contributed by atoms with Gasteiger partial charge in [0, 0.05) is 34.8 Å². The Kier molecular flexibility index (Phi) is 6.71. The third-order valence-electron chi connectivity index (χ3n) is 8.24. The summed E-state index contributed by atoms with van der Waals surface area (Å²) in [6.07, 6.45) is 8.35. The van der Waals surface area contributed by atoms with E-state index >= 15 is 0 Å². The largest absolute Gasteiger partial charge is 0.494 e. The van der Waals surface area contributed by atoms with E-state index in [1.807, 2.05) is 23.6 Å². The lowest BCUT2D eigenvalue weighted by atomic mass is 9.83. The molecule has 0 saturated heterocycles. The highest BCUT2D eigenvalue weighted by molar-refractivity contribution is 7.07. The van der Waals surface area contributed by atoms with Crippen molar-refractivity contribution in [1.29, 1.82) is 0 Å². The van der Waals surface area contributed by atoms with E-state index < -0.39 is 0 Å². The summed E-state index contributed by atoms with van der Waals surface area (Å²) < 4.78 is 10.7. The van der Waals surface area contributed by atoms with Crippen LogP contribution < -0.4 is 19.6 Å². The first-order valence-electron chi connectivity index (χ1n) is 14.6. The lowest BCUT2D eigenvalue weighted by Gasteiger charge is -2.30. The van der Waals surface area contributed by atoms with E-state index in [1.54, 1.807) is 0 Å². The van der Waals surface area contributed by atoms with Crippen molar-refractivity contribution in [2.45, 2.75) is 52.1 Å². The quantitative estimate of drug-likeness (QED) is 0.229. The Bertz CT molecular complexity index is 1970. The molecule has 0 amide bonds. The molecule has 0 bridgehead atoms. The summed E-state index contributed by atoms with van der Waals surface area (Å²) in [5.74, 6) is 0.839. The normalized spacial score (nSPS) is 16.3. The highest BCUT2D eigenvalue weighted by Gasteiger charge is 2.32. The van der Waals surface area contributed by atoms with Crippen molar-refractivity contribution >= 4 is 34.0 Å². The van der Waals surface area contributed by atoms with Gasteiger partial charge in [-0.05, 0) is 67.2 Å². The molecule has 1 atom stereocenters. The van der Waals surface area contributed by atoms with Crippen LogP contribution in [0.25, 0.3) is 22.7 Å². The minimum Gasteiger partial charge on any atom is -0.494 e. The third-order valence-corrected chi connectivity index (χ3v) is 9.22. The van der Waals surface area contributed by atoms with Gasteiger partial charge in [0.25, 0.3) is 5.56 Å². The van der Waals surface area contributed by atoms with Crippen LogP contribution in [0.15, 0.2) is 94.4 Å². The second-order valence-corrected chi connectivity index (χ2v) is 11.8. The van der Waals surface area contributed by atoms with Crippen LogP contribution in [-0.2, 0) is 13.0 Å². The standard InChI is InChI=1S/C35H33N3O2S/c1-3-5-20-37-22-25(27-11-8-9-13-30(27)37)21-31-34(39)38-33(24-14-17-26(18-15-24)40-4-2)29-19-16-23-10-6-7-12-28(23)32(29)36-35(38)41-31/h6-15,17-18,21-22,33H,3-5,16,19-20H2,1-2H3/b31-21-/t33-/m0/s1. The molecule has 2 aliphatic rings. The Morgan fingerprint density at radius 2 is 1.80 bits per heavy atom. The highest BCUT2D eigenvalue weighted by Crippen LogP contribution is 2.41. The molecule has 0 unspecified atom stereocenters. The van der Waals surface area contributed by atoms with Crippen LogP contribution in [0.5, 0.6) is 5.75 Å². The number of aromatic nitrogens is 2. The van der Waals surface area contributed by atoms with Crippen molar-refractivity contribution in [2.24, 2.45) is 4.99 Å². The van der Waals surface area contributed by atoms with Gasteiger partial charge in [-0.1, -0.05) is 79.3 Å². The van der Waals surface area contributed by atoms with Crippen molar-refractivity contribution in [1.82, 2.24) is 9.13 Å². The Hall–Kier alpha value is -4.16. The van der Waals surface area contributed by atoms with E-state index in [0.29, 0.717) is 11.1 Å². The predicted molar refractivity (Wildman–Crippen MR) is 167 cm³/mol. The molecule has 0 saturated carbocycles. The van der Waals surface area contributed by atoms with E-state index in [4.69, 9.17) is 9.73 Å². The molecule has 7 rings (SSSR count). The Labute approximate surface area is 243 Å².